The molecule has 1 aliphatic rings. The lowest BCUT2D eigenvalue weighted by Crippen LogP contribution is -2.49. The molecule has 8 heteroatoms. The van der Waals surface area contributed by atoms with E-state index in [1.807, 2.05) is 42.5 Å². The maximum absolute atomic E-state index is 13.0. The minimum atomic E-state index is -0.228. The van der Waals surface area contributed by atoms with Gasteiger partial charge in [0, 0.05) is 37.9 Å². The third kappa shape index (κ3) is 4.46. The average molecular weight is 424 g/mol. The molecule has 2 heterocycles. The number of hydrogen-bond acceptors (Lipinski definition) is 6. The molecule has 1 aliphatic heterocycles. The molecule has 1 amide bonds. The molecule has 0 atom stereocenters. The molecule has 0 saturated carbocycles. The van der Waals surface area contributed by atoms with Gasteiger partial charge in [-0.2, -0.15) is 0 Å². The molecule has 0 bridgehead atoms. The molecule has 0 spiro atoms. The second-order valence-corrected chi connectivity index (χ2v) is 7.23. The van der Waals surface area contributed by atoms with E-state index in [-0.39, 0.29) is 16.9 Å². The highest BCUT2D eigenvalue weighted by atomic mass is 35.5. The smallest absolute Gasteiger partial charge is 0.291 e. The number of anilines is 3. The number of carbonyl (C=O) groups excluding carboxylic acids is 1. The highest BCUT2D eigenvalue weighted by molar-refractivity contribution is 6.29. The zero-order chi connectivity index (χ0) is 20.9. The van der Waals surface area contributed by atoms with Crippen molar-refractivity contribution in [3.63, 3.8) is 0 Å². The first-order valence-electron chi connectivity index (χ1n) is 9.68. The molecule has 1 aromatic heterocycles. The second kappa shape index (κ2) is 9.00. The number of amides is 1. The second-order valence-electron chi connectivity index (χ2n) is 6.84. The first-order chi connectivity index (χ1) is 14.6. The molecule has 2 aromatic carbocycles. The summed E-state index contributed by atoms with van der Waals surface area (Å²) in [5.74, 6) is 0.948. The van der Waals surface area contributed by atoms with Gasteiger partial charge in [-0.25, -0.2) is 9.97 Å². The van der Waals surface area contributed by atoms with E-state index in [4.69, 9.17) is 16.3 Å². The first kappa shape index (κ1) is 20.0. The highest BCUT2D eigenvalue weighted by Crippen LogP contribution is 2.27. The van der Waals surface area contributed by atoms with Crippen molar-refractivity contribution in [3.05, 3.63) is 71.6 Å². The van der Waals surface area contributed by atoms with Crippen LogP contribution in [0.4, 0.5) is 17.2 Å². The fourth-order valence-electron chi connectivity index (χ4n) is 3.41. The zero-order valence-electron chi connectivity index (χ0n) is 16.6. The Balaban J connectivity index is 1.47. The number of piperazine rings is 1. The van der Waals surface area contributed by atoms with E-state index < -0.39 is 0 Å². The Bertz CT molecular complexity index is 1020. The predicted octanol–water partition coefficient (Wildman–Crippen LogP) is 3.84. The summed E-state index contributed by atoms with van der Waals surface area (Å²) >= 11 is 6.17. The molecular formula is C22H22ClN5O2. The molecule has 154 valence electrons. The van der Waals surface area contributed by atoms with Crippen molar-refractivity contribution in [2.24, 2.45) is 0 Å². The van der Waals surface area contributed by atoms with Crippen molar-refractivity contribution in [1.29, 1.82) is 0 Å². The minimum Gasteiger partial charge on any atom is -0.495 e. The fraction of sp³-hybridized carbons (Fsp3) is 0.227. The van der Waals surface area contributed by atoms with Gasteiger partial charge in [-0.3, -0.25) is 4.79 Å². The van der Waals surface area contributed by atoms with Crippen molar-refractivity contribution in [2.75, 3.05) is 43.5 Å². The molecule has 30 heavy (non-hydrogen) atoms. The van der Waals surface area contributed by atoms with Crippen LogP contribution in [0.3, 0.4) is 0 Å². The lowest BCUT2D eigenvalue weighted by molar-refractivity contribution is 0.0734. The lowest BCUT2D eigenvalue weighted by Gasteiger charge is -2.35. The maximum atomic E-state index is 13.0. The number of nitrogens with one attached hydrogen (secondary N) is 1. The number of para-hydroxylation sites is 3. The number of benzene rings is 2. The van der Waals surface area contributed by atoms with Crippen LogP contribution in [0.25, 0.3) is 0 Å². The molecule has 0 unspecified atom stereocenters. The van der Waals surface area contributed by atoms with E-state index in [1.165, 1.54) is 0 Å². The van der Waals surface area contributed by atoms with E-state index in [9.17, 15) is 4.79 Å². The third-order valence-corrected chi connectivity index (χ3v) is 5.14. The van der Waals surface area contributed by atoms with Crippen LogP contribution in [-0.4, -0.2) is 54.1 Å². The average Bonchev–Trinajstić information content (AvgIpc) is 2.79. The summed E-state index contributed by atoms with van der Waals surface area (Å²) < 4.78 is 5.35. The summed E-state index contributed by atoms with van der Waals surface area (Å²) in [6.07, 6.45) is 0. The number of carbonyl (C=O) groups is 1. The van der Waals surface area contributed by atoms with Crippen LogP contribution in [0.15, 0.2) is 60.7 Å². The Morgan fingerprint density at radius 1 is 1.00 bits per heavy atom. The van der Waals surface area contributed by atoms with Crippen LogP contribution < -0.4 is 15.0 Å². The number of methoxy groups -OCH3 is 1. The summed E-state index contributed by atoms with van der Waals surface area (Å²) in [7, 11) is 1.59. The van der Waals surface area contributed by atoms with Crippen LogP contribution in [0.1, 0.15) is 10.6 Å². The number of halogens is 1. The monoisotopic (exact) mass is 423 g/mol. The summed E-state index contributed by atoms with van der Waals surface area (Å²) in [6.45, 7) is 2.70. The molecular weight excluding hydrogens is 402 g/mol. The van der Waals surface area contributed by atoms with E-state index >= 15 is 0 Å². The van der Waals surface area contributed by atoms with Gasteiger partial charge in [0.1, 0.15) is 16.7 Å². The third-order valence-electron chi connectivity index (χ3n) is 4.94. The molecule has 3 aromatic rings. The van der Waals surface area contributed by atoms with Crippen LogP contribution in [0.5, 0.6) is 5.75 Å². The van der Waals surface area contributed by atoms with Gasteiger partial charge in [0.25, 0.3) is 5.91 Å². The Labute approximate surface area is 180 Å². The van der Waals surface area contributed by atoms with Crippen molar-refractivity contribution in [2.45, 2.75) is 0 Å². The Morgan fingerprint density at radius 3 is 2.43 bits per heavy atom. The van der Waals surface area contributed by atoms with E-state index in [0.29, 0.717) is 24.7 Å². The molecule has 1 fully saturated rings. The predicted molar refractivity (Wildman–Crippen MR) is 118 cm³/mol. The van der Waals surface area contributed by atoms with Gasteiger partial charge in [0.15, 0.2) is 0 Å². The molecule has 1 N–H and O–H groups in total. The quantitative estimate of drug-likeness (QED) is 0.628. The molecule has 4 rings (SSSR count). The number of ether oxygens (including phenoxy) is 1. The van der Waals surface area contributed by atoms with Gasteiger partial charge in [-0.1, -0.05) is 41.9 Å². The van der Waals surface area contributed by atoms with Crippen molar-refractivity contribution < 1.29 is 9.53 Å². The summed E-state index contributed by atoms with van der Waals surface area (Å²) in [6, 6.07) is 19.2. The minimum absolute atomic E-state index is 0.0769. The van der Waals surface area contributed by atoms with E-state index in [0.717, 1.165) is 24.5 Å². The maximum Gasteiger partial charge on any atom is 0.291 e. The number of nitrogens with zero attached hydrogens (tertiary/aromatic N) is 4. The summed E-state index contributed by atoms with van der Waals surface area (Å²) in [4.78, 5) is 25.6. The van der Waals surface area contributed by atoms with Crippen molar-refractivity contribution in [1.82, 2.24) is 14.9 Å². The summed E-state index contributed by atoms with van der Waals surface area (Å²) in [5.41, 5.74) is 1.89. The molecule has 1 saturated heterocycles. The van der Waals surface area contributed by atoms with Gasteiger partial charge in [-0.05, 0) is 24.3 Å². The van der Waals surface area contributed by atoms with E-state index in [1.54, 1.807) is 18.1 Å². The Kier molecular flexibility index (Phi) is 5.99. The van der Waals surface area contributed by atoms with Gasteiger partial charge in [0.2, 0.25) is 5.82 Å². The Hall–Kier alpha value is -3.32. The first-order valence-corrected chi connectivity index (χ1v) is 10.1. The molecule has 7 nitrogen and oxygen atoms in total. The van der Waals surface area contributed by atoms with Crippen molar-refractivity contribution >= 4 is 34.7 Å². The summed E-state index contributed by atoms with van der Waals surface area (Å²) in [5, 5.41) is 3.35. The van der Waals surface area contributed by atoms with Gasteiger partial charge < -0.3 is 19.9 Å². The van der Waals surface area contributed by atoms with Crippen LogP contribution in [-0.2, 0) is 0 Å². The SMILES string of the molecule is COc1ccccc1Nc1cc(Cl)nc(C(=O)N2CCN(c3ccccc3)CC2)n1. The standard InChI is InChI=1S/C22H22ClN5O2/c1-30-18-10-6-5-9-17(18)24-20-15-19(23)25-21(26-20)22(29)28-13-11-27(12-14-28)16-7-3-2-4-8-16/h2-10,15H,11-14H2,1H3,(H,24,25,26). The van der Waals surface area contributed by atoms with Gasteiger partial charge >= 0.3 is 0 Å². The van der Waals surface area contributed by atoms with Gasteiger partial charge in [0.05, 0.1) is 12.8 Å². The van der Waals surface area contributed by atoms with Crippen molar-refractivity contribution in [3.8, 4) is 5.75 Å². The topological polar surface area (TPSA) is 70.6 Å². The number of rotatable bonds is 5. The molecule has 0 radical (unpaired) electrons. The van der Waals surface area contributed by atoms with Gasteiger partial charge in [-0.15, -0.1) is 0 Å². The van der Waals surface area contributed by atoms with Crippen LogP contribution in [0, 0.1) is 0 Å². The fourth-order valence-corrected chi connectivity index (χ4v) is 3.59. The van der Waals surface area contributed by atoms with Crippen LogP contribution in [0.2, 0.25) is 5.15 Å². The van der Waals surface area contributed by atoms with E-state index in [2.05, 4.69) is 32.3 Å². The normalized spacial score (nSPS) is 13.8. The zero-order valence-corrected chi connectivity index (χ0v) is 17.3. The largest absolute Gasteiger partial charge is 0.495 e. The molecule has 0 aliphatic carbocycles. The number of hydrogen-bond donors (Lipinski definition) is 1. The lowest BCUT2D eigenvalue weighted by atomic mass is 10.2. The highest BCUT2D eigenvalue weighted by Gasteiger charge is 2.25. The van der Waals surface area contributed by atoms with Crippen LogP contribution >= 0.6 is 11.6 Å². The Morgan fingerprint density at radius 2 is 1.70 bits per heavy atom. The number of aromatic nitrogens is 2.